The Balaban J connectivity index is 2.27. The largest absolute Gasteiger partial charge is 0.396 e. The number of likely N-dealkylation sites (tertiary alicyclic amines) is 1. The number of aliphatic hydroxyl groups excluding tert-OH is 1. The summed E-state index contributed by atoms with van der Waals surface area (Å²) < 4.78 is 0. The van der Waals surface area contributed by atoms with E-state index >= 15 is 0 Å². The maximum atomic E-state index is 11.8. The highest BCUT2D eigenvalue weighted by atomic mass is 16.3. The molecular weight excluding hydrogens is 216 g/mol. The first kappa shape index (κ1) is 14.5. The van der Waals surface area contributed by atoms with Gasteiger partial charge in [0.1, 0.15) is 0 Å². The molecule has 0 aromatic carbocycles. The lowest BCUT2D eigenvalue weighted by Gasteiger charge is -2.29. The lowest BCUT2D eigenvalue weighted by molar-refractivity contribution is -0.127. The van der Waals surface area contributed by atoms with Crippen LogP contribution >= 0.6 is 0 Å². The first-order valence-electron chi connectivity index (χ1n) is 6.61. The number of hydrogen-bond acceptors (Lipinski definition) is 3. The second-order valence-electron chi connectivity index (χ2n) is 5.52. The minimum atomic E-state index is -0.263. The first-order chi connectivity index (χ1) is 8.04. The predicted octanol–water partition coefficient (Wildman–Crippen LogP) is 0.709. The van der Waals surface area contributed by atoms with Crippen molar-refractivity contribution in [3.63, 3.8) is 0 Å². The normalized spacial score (nSPS) is 20.5. The van der Waals surface area contributed by atoms with Crippen molar-refractivity contribution in [2.24, 2.45) is 17.8 Å². The van der Waals surface area contributed by atoms with Gasteiger partial charge in [-0.1, -0.05) is 13.8 Å². The predicted molar refractivity (Wildman–Crippen MR) is 68.6 cm³/mol. The van der Waals surface area contributed by atoms with Crippen molar-refractivity contribution in [2.45, 2.75) is 26.7 Å². The number of nitrogens with one attached hydrogen (secondary N) is 1. The van der Waals surface area contributed by atoms with Crippen molar-refractivity contribution in [2.75, 3.05) is 33.3 Å². The molecule has 1 atom stereocenters. The van der Waals surface area contributed by atoms with E-state index < -0.39 is 0 Å². The molecular formula is C13H26N2O2. The van der Waals surface area contributed by atoms with Crippen LogP contribution in [0.5, 0.6) is 0 Å². The van der Waals surface area contributed by atoms with Crippen LogP contribution in [0.15, 0.2) is 0 Å². The molecule has 4 nitrogen and oxygen atoms in total. The highest BCUT2D eigenvalue weighted by Crippen LogP contribution is 2.15. The average Bonchev–Trinajstić information content (AvgIpc) is 2.28. The third-order valence-electron chi connectivity index (χ3n) is 3.74. The van der Waals surface area contributed by atoms with Gasteiger partial charge in [-0.3, -0.25) is 4.79 Å². The molecule has 0 bridgehead atoms. The van der Waals surface area contributed by atoms with Gasteiger partial charge in [-0.2, -0.15) is 0 Å². The van der Waals surface area contributed by atoms with Gasteiger partial charge in [0.2, 0.25) is 5.91 Å². The Bertz CT molecular complexity index is 236. The van der Waals surface area contributed by atoms with E-state index in [9.17, 15) is 9.90 Å². The van der Waals surface area contributed by atoms with Gasteiger partial charge in [0.25, 0.3) is 0 Å². The molecule has 2 N–H and O–H groups in total. The second-order valence-corrected chi connectivity index (χ2v) is 5.52. The molecule has 1 fully saturated rings. The molecule has 100 valence electrons. The number of hydrogen-bond donors (Lipinski definition) is 2. The van der Waals surface area contributed by atoms with E-state index in [0.29, 0.717) is 5.92 Å². The Morgan fingerprint density at radius 1 is 1.41 bits per heavy atom. The summed E-state index contributed by atoms with van der Waals surface area (Å²) in [6.45, 7) is 6.88. The van der Waals surface area contributed by atoms with Crippen molar-refractivity contribution in [3.8, 4) is 0 Å². The zero-order valence-electron chi connectivity index (χ0n) is 11.3. The molecule has 1 heterocycles. The van der Waals surface area contributed by atoms with Crippen molar-refractivity contribution < 1.29 is 9.90 Å². The Kier molecular flexibility index (Phi) is 5.92. The molecule has 0 saturated carbocycles. The number of amides is 1. The molecule has 0 spiro atoms. The van der Waals surface area contributed by atoms with E-state index in [1.54, 1.807) is 0 Å². The van der Waals surface area contributed by atoms with Crippen LogP contribution in [0.3, 0.4) is 0 Å². The summed E-state index contributed by atoms with van der Waals surface area (Å²) in [6.07, 6.45) is 2.31. The molecule has 0 aromatic heterocycles. The quantitative estimate of drug-likeness (QED) is 0.746. The van der Waals surface area contributed by atoms with E-state index in [1.165, 1.54) is 0 Å². The van der Waals surface area contributed by atoms with E-state index in [2.05, 4.69) is 17.3 Å². The van der Waals surface area contributed by atoms with Gasteiger partial charge in [-0.05, 0) is 44.8 Å². The molecule has 1 aliphatic heterocycles. The minimum absolute atomic E-state index is 0.00132. The van der Waals surface area contributed by atoms with Gasteiger partial charge in [0.05, 0.1) is 12.5 Å². The Morgan fingerprint density at radius 3 is 2.47 bits per heavy atom. The van der Waals surface area contributed by atoms with Crippen LogP contribution in [0.25, 0.3) is 0 Å². The smallest absolute Gasteiger partial charge is 0.225 e. The summed E-state index contributed by atoms with van der Waals surface area (Å²) in [5.74, 6) is 0.529. The summed E-state index contributed by atoms with van der Waals surface area (Å²) >= 11 is 0. The second kappa shape index (κ2) is 6.97. The Labute approximate surface area is 104 Å². The molecule has 1 saturated heterocycles. The van der Waals surface area contributed by atoms with Gasteiger partial charge in [-0.25, -0.2) is 0 Å². The van der Waals surface area contributed by atoms with E-state index in [0.717, 1.165) is 32.5 Å². The summed E-state index contributed by atoms with van der Waals surface area (Å²) in [7, 11) is 2.13. The standard InChI is InChI=1S/C13H26N2O2/c1-10(2)12(9-16)13(17)14-8-11-4-6-15(3)7-5-11/h10-12,16H,4-9H2,1-3H3,(H,14,17). The van der Waals surface area contributed by atoms with Crippen LogP contribution in [0.4, 0.5) is 0 Å². The molecule has 0 aliphatic carbocycles. The number of aliphatic hydroxyl groups is 1. The van der Waals surface area contributed by atoms with Crippen LogP contribution in [-0.4, -0.2) is 49.2 Å². The highest BCUT2D eigenvalue weighted by molar-refractivity contribution is 5.78. The third-order valence-corrected chi connectivity index (χ3v) is 3.74. The van der Waals surface area contributed by atoms with E-state index in [1.807, 2.05) is 13.8 Å². The molecule has 0 radical (unpaired) electrons. The summed E-state index contributed by atoms with van der Waals surface area (Å²) in [5.41, 5.74) is 0. The number of nitrogens with zero attached hydrogens (tertiary/aromatic N) is 1. The SMILES string of the molecule is CC(C)C(CO)C(=O)NCC1CCN(C)CC1. The van der Waals surface area contributed by atoms with E-state index in [4.69, 9.17) is 0 Å². The first-order valence-corrected chi connectivity index (χ1v) is 6.61. The van der Waals surface area contributed by atoms with Gasteiger partial charge >= 0.3 is 0 Å². The topological polar surface area (TPSA) is 52.6 Å². The minimum Gasteiger partial charge on any atom is -0.396 e. The number of carbonyl (C=O) groups excluding carboxylic acids is 1. The zero-order chi connectivity index (χ0) is 12.8. The van der Waals surface area contributed by atoms with Gasteiger partial charge in [0, 0.05) is 6.54 Å². The Morgan fingerprint density at radius 2 is 2.00 bits per heavy atom. The fourth-order valence-electron chi connectivity index (χ4n) is 2.24. The highest BCUT2D eigenvalue weighted by Gasteiger charge is 2.23. The third kappa shape index (κ3) is 4.64. The van der Waals surface area contributed by atoms with Crippen LogP contribution in [0, 0.1) is 17.8 Å². The number of piperidine rings is 1. The van der Waals surface area contributed by atoms with Crippen molar-refractivity contribution in [3.05, 3.63) is 0 Å². The fraction of sp³-hybridized carbons (Fsp3) is 0.923. The van der Waals surface area contributed by atoms with E-state index in [-0.39, 0.29) is 24.3 Å². The van der Waals surface area contributed by atoms with Gasteiger partial charge in [-0.15, -0.1) is 0 Å². The summed E-state index contributed by atoms with van der Waals surface area (Å²) in [4.78, 5) is 14.2. The number of carbonyl (C=O) groups is 1. The molecule has 4 heteroatoms. The van der Waals surface area contributed by atoms with Crippen LogP contribution in [0.2, 0.25) is 0 Å². The summed E-state index contributed by atoms with van der Waals surface area (Å²) in [5, 5.41) is 12.2. The lowest BCUT2D eigenvalue weighted by atomic mass is 9.94. The molecule has 1 unspecified atom stereocenters. The van der Waals surface area contributed by atoms with Gasteiger partial charge < -0.3 is 15.3 Å². The molecule has 1 amide bonds. The molecule has 17 heavy (non-hydrogen) atoms. The van der Waals surface area contributed by atoms with Crippen LogP contribution in [-0.2, 0) is 4.79 Å². The fourth-order valence-corrected chi connectivity index (χ4v) is 2.24. The maximum absolute atomic E-state index is 11.8. The molecule has 1 aliphatic rings. The Hall–Kier alpha value is -0.610. The average molecular weight is 242 g/mol. The lowest BCUT2D eigenvalue weighted by Crippen LogP contribution is -2.41. The van der Waals surface area contributed by atoms with Crippen LogP contribution < -0.4 is 5.32 Å². The molecule has 0 aromatic rings. The maximum Gasteiger partial charge on any atom is 0.225 e. The summed E-state index contributed by atoms with van der Waals surface area (Å²) in [6, 6.07) is 0. The van der Waals surface area contributed by atoms with Crippen molar-refractivity contribution in [1.82, 2.24) is 10.2 Å². The van der Waals surface area contributed by atoms with Crippen molar-refractivity contribution in [1.29, 1.82) is 0 Å². The monoisotopic (exact) mass is 242 g/mol. The number of rotatable bonds is 5. The van der Waals surface area contributed by atoms with Crippen molar-refractivity contribution >= 4 is 5.91 Å². The molecule has 1 rings (SSSR count). The zero-order valence-corrected chi connectivity index (χ0v) is 11.3. The van der Waals surface area contributed by atoms with Crippen LogP contribution in [0.1, 0.15) is 26.7 Å². The van der Waals surface area contributed by atoms with Gasteiger partial charge in [0.15, 0.2) is 0 Å².